The number of ether oxygens (including phenoxy) is 1. The van der Waals surface area contributed by atoms with Crippen LogP contribution in [0.2, 0.25) is 0 Å². The van der Waals surface area contributed by atoms with Crippen molar-refractivity contribution in [2.24, 2.45) is 0 Å². The van der Waals surface area contributed by atoms with Gasteiger partial charge in [-0.2, -0.15) is 0 Å². The summed E-state index contributed by atoms with van der Waals surface area (Å²) in [6, 6.07) is 5.65. The molecule has 5 nitrogen and oxygen atoms in total. The predicted octanol–water partition coefficient (Wildman–Crippen LogP) is 1.88. The fourth-order valence-corrected chi connectivity index (χ4v) is 2.27. The maximum Gasteiger partial charge on any atom is 0.251 e. The van der Waals surface area contributed by atoms with Gasteiger partial charge in [0.1, 0.15) is 0 Å². The van der Waals surface area contributed by atoms with Gasteiger partial charge in [-0.25, -0.2) is 0 Å². The Balaban J connectivity index is 2.98. The van der Waals surface area contributed by atoms with Gasteiger partial charge in [-0.15, -0.1) is 0 Å². The zero-order valence-corrected chi connectivity index (χ0v) is 12.8. The van der Waals surface area contributed by atoms with Gasteiger partial charge in [0, 0.05) is 31.8 Å². The number of nitrogens with one attached hydrogen (secondary N) is 1. The Morgan fingerprint density at radius 1 is 1.45 bits per heavy atom. The van der Waals surface area contributed by atoms with Gasteiger partial charge in [0.05, 0.1) is 18.0 Å². The second kappa shape index (κ2) is 7.75. The topological polar surface area (TPSA) is 67.6 Å². The van der Waals surface area contributed by atoms with Crippen LogP contribution in [0.25, 0.3) is 0 Å². The average Bonchev–Trinajstić information content (AvgIpc) is 2.42. The molecule has 0 aromatic heterocycles. The number of rotatable bonds is 7. The van der Waals surface area contributed by atoms with Gasteiger partial charge < -0.3 is 20.7 Å². The van der Waals surface area contributed by atoms with E-state index >= 15 is 0 Å². The first kappa shape index (κ1) is 16.3. The third-order valence-corrected chi connectivity index (χ3v) is 3.22. The van der Waals surface area contributed by atoms with E-state index in [0.29, 0.717) is 24.4 Å². The number of benzene rings is 1. The quantitative estimate of drug-likeness (QED) is 0.748. The first-order chi connectivity index (χ1) is 9.54. The van der Waals surface area contributed by atoms with Crippen molar-refractivity contribution in [1.29, 1.82) is 0 Å². The van der Waals surface area contributed by atoms with E-state index < -0.39 is 0 Å². The highest BCUT2D eigenvalue weighted by Gasteiger charge is 2.16. The molecule has 0 heterocycles. The third kappa shape index (κ3) is 3.87. The van der Waals surface area contributed by atoms with E-state index in [2.05, 4.69) is 24.1 Å². The molecule has 0 bridgehead atoms. The summed E-state index contributed by atoms with van der Waals surface area (Å²) in [5, 5.41) is 2.77. The third-order valence-electron chi connectivity index (χ3n) is 3.22. The Morgan fingerprint density at radius 2 is 2.15 bits per heavy atom. The Hall–Kier alpha value is -1.75. The maximum atomic E-state index is 11.8. The number of nitrogens with two attached hydrogens (primary N) is 1. The monoisotopic (exact) mass is 279 g/mol. The van der Waals surface area contributed by atoms with Crippen molar-refractivity contribution in [3.8, 4) is 0 Å². The average molecular weight is 279 g/mol. The summed E-state index contributed by atoms with van der Waals surface area (Å²) >= 11 is 0. The zero-order valence-electron chi connectivity index (χ0n) is 12.8. The maximum absolute atomic E-state index is 11.8. The normalized spacial score (nSPS) is 12.0. The highest BCUT2D eigenvalue weighted by molar-refractivity contribution is 5.96. The van der Waals surface area contributed by atoms with Gasteiger partial charge in [-0.3, -0.25) is 4.79 Å². The molecule has 20 heavy (non-hydrogen) atoms. The molecule has 1 amide bonds. The molecular formula is C15H25N3O2. The van der Waals surface area contributed by atoms with Crippen LogP contribution >= 0.6 is 0 Å². The number of hydrogen-bond donors (Lipinski definition) is 2. The van der Waals surface area contributed by atoms with Crippen molar-refractivity contribution in [3.63, 3.8) is 0 Å². The van der Waals surface area contributed by atoms with Crippen LogP contribution in [-0.4, -0.2) is 38.8 Å². The summed E-state index contributed by atoms with van der Waals surface area (Å²) in [7, 11) is 1.69. The van der Waals surface area contributed by atoms with Crippen LogP contribution in [0.15, 0.2) is 18.2 Å². The lowest BCUT2D eigenvalue weighted by Crippen LogP contribution is -2.36. The van der Waals surface area contributed by atoms with Gasteiger partial charge >= 0.3 is 0 Å². The molecular weight excluding hydrogens is 254 g/mol. The van der Waals surface area contributed by atoms with Crippen LogP contribution in [0.5, 0.6) is 0 Å². The number of carbonyl (C=O) groups is 1. The molecule has 5 heteroatoms. The largest absolute Gasteiger partial charge is 0.397 e. The second-order valence-corrected chi connectivity index (χ2v) is 4.72. The highest BCUT2D eigenvalue weighted by Crippen LogP contribution is 2.26. The summed E-state index contributed by atoms with van der Waals surface area (Å²) in [6.07, 6.45) is 0. The van der Waals surface area contributed by atoms with Gasteiger partial charge in [0.2, 0.25) is 0 Å². The van der Waals surface area contributed by atoms with Crippen LogP contribution in [0.3, 0.4) is 0 Å². The van der Waals surface area contributed by atoms with Gasteiger partial charge in [0.25, 0.3) is 5.91 Å². The fourth-order valence-electron chi connectivity index (χ4n) is 2.27. The fraction of sp³-hybridized carbons (Fsp3) is 0.533. The number of nitrogen functional groups attached to an aromatic ring is 1. The molecule has 3 N–H and O–H groups in total. The van der Waals surface area contributed by atoms with Crippen molar-refractivity contribution >= 4 is 17.3 Å². The number of anilines is 2. The van der Waals surface area contributed by atoms with Crippen LogP contribution in [-0.2, 0) is 4.74 Å². The first-order valence-corrected chi connectivity index (χ1v) is 6.98. The van der Waals surface area contributed by atoms with E-state index in [1.807, 2.05) is 13.0 Å². The molecule has 0 aliphatic heterocycles. The van der Waals surface area contributed by atoms with E-state index in [1.54, 1.807) is 19.2 Å². The number of carbonyl (C=O) groups excluding carboxylic acids is 1. The van der Waals surface area contributed by atoms with E-state index in [1.165, 1.54) is 0 Å². The lowest BCUT2D eigenvalue weighted by molar-refractivity contribution is 0.0956. The predicted molar refractivity (Wildman–Crippen MR) is 83.2 cm³/mol. The molecule has 0 fully saturated rings. The van der Waals surface area contributed by atoms with Crippen molar-refractivity contribution in [2.75, 3.05) is 37.4 Å². The molecule has 0 saturated heterocycles. The lowest BCUT2D eigenvalue weighted by atomic mass is 10.1. The van der Waals surface area contributed by atoms with Gasteiger partial charge in [-0.1, -0.05) is 0 Å². The van der Waals surface area contributed by atoms with Crippen molar-refractivity contribution in [2.45, 2.75) is 26.8 Å². The number of amides is 1. The molecule has 0 radical (unpaired) electrons. The van der Waals surface area contributed by atoms with Crippen molar-refractivity contribution in [3.05, 3.63) is 23.8 Å². The van der Waals surface area contributed by atoms with Crippen LogP contribution in [0.1, 0.15) is 31.1 Å². The summed E-state index contributed by atoms with van der Waals surface area (Å²) in [5.74, 6) is -0.0984. The standard InChI is InChI=1S/C15H25N3O2/c1-5-17-15(19)12-7-8-14(13(16)9-12)18(6-2)11(3)10-20-4/h7-9,11H,5-6,10,16H2,1-4H3,(H,17,19). The summed E-state index contributed by atoms with van der Waals surface area (Å²) in [6.45, 7) is 8.11. The van der Waals surface area contributed by atoms with Crippen LogP contribution in [0, 0.1) is 0 Å². The van der Waals surface area contributed by atoms with Gasteiger partial charge in [-0.05, 0) is 39.0 Å². The minimum absolute atomic E-state index is 0.0984. The van der Waals surface area contributed by atoms with Crippen molar-refractivity contribution < 1.29 is 9.53 Å². The molecule has 0 aliphatic rings. The van der Waals surface area contributed by atoms with Gasteiger partial charge in [0.15, 0.2) is 0 Å². The van der Waals surface area contributed by atoms with E-state index in [-0.39, 0.29) is 11.9 Å². The van der Waals surface area contributed by atoms with Crippen LogP contribution < -0.4 is 16.0 Å². The summed E-state index contributed by atoms with van der Waals surface area (Å²) < 4.78 is 5.20. The number of nitrogens with zero attached hydrogens (tertiary/aromatic N) is 1. The lowest BCUT2D eigenvalue weighted by Gasteiger charge is -2.31. The number of hydrogen-bond acceptors (Lipinski definition) is 4. The smallest absolute Gasteiger partial charge is 0.251 e. The van der Waals surface area contributed by atoms with Crippen LogP contribution in [0.4, 0.5) is 11.4 Å². The van der Waals surface area contributed by atoms with E-state index in [0.717, 1.165) is 12.2 Å². The molecule has 112 valence electrons. The SMILES string of the molecule is CCNC(=O)c1ccc(N(CC)C(C)COC)c(N)c1. The highest BCUT2D eigenvalue weighted by atomic mass is 16.5. The number of likely N-dealkylation sites (N-methyl/N-ethyl adjacent to an activating group) is 1. The molecule has 1 aromatic rings. The van der Waals surface area contributed by atoms with E-state index in [9.17, 15) is 4.79 Å². The Bertz CT molecular complexity index is 449. The number of methoxy groups -OCH3 is 1. The molecule has 0 aliphatic carbocycles. The molecule has 1 atom stereocenters. The minimum atomic E-state index is -0.0984. The van der Waals surface area contributed by atoms with E-state index in [4.69, 9.17) is 10.5 Å². The first-order valence-electron chi connectivity index (χ1n) is 6.98. The molecule has 1 unspecified atom stereocenters. The Morgan fingerprint density at radius 3 is 2.65 bits per heavy atom. The summed E-state index contributed by atoms with van der Waals surface area (Å²) in [4.78, 5) is 14.0. The molecule has 1 rings (SSSR count). The minimum Gasteiger partial charge on any atom is -0.397 e. The second-order valence-electron chi connectivity index (χ2n) is 4.72. The van der Waals surface area contributed by atoms with Crippen molar-refractivity contribution in [1.82, 2.24) is 5.32 Å². The Labute approximate surface area is 121 Å². The Kier molecular flexibility index (Phi) is 6.31. The molecule has 0 saturated carbocycles. The summed E-state index contributed by atoms with van der Waals surface area (Å²) in [5.41, 5.74) is 8.23. The zero-order chi connectivity index (χ0) is 15.1. The molecule has 1 aromatic carbocycles. The molecule has 0 spiro atoms.